The maximum atomic E-state index is 9.35. The maximum Gasteiger partial charge on any atom is 0.124 e. The predicted molar refractivity (Wildman–Crippen MR) is 75.2 cm³/mol. The van der Waals surface area contributed by atoms with E-state index in [0.29, 0.717) is 12.0 Å². The lowest BCUT2D eigenvalue weighted by atomic mass is 9.81. The Morgan fingerprint density at radius 1 is 1.32 bits per heavy atom. The summed E-state index contributed by atoms with van der Waals surface area (Å²) in [5.41, 5.74) is 1.15. The number of ether oxygens (including phenoxy) is 1. The third kappa shape index (κ3) is 2.77. The zero-order chi connectivity index (χ0) is 13.5. The van der Waals surface area contributed by atoms with Crippen LogP contribution in [0.15, 0.2) is 24.3 Å². The Balaban J connectivity index is 1.69. The maximum absolute atomic E-state index is 9.35. The molecule has 1 aromatic rings. The number of fused-ring (bicyclic) bond motifs is 1. The summed E-state index contributed by atoms with van der Waals surface area (Å²) < 4.78 is 6.03. The zero-order valence-corrected chi connectivity index (χ0v) is 11.7. The lowest BCUT2D eigenvalue weighted by Crippen LogP contribution is -2.43. The third-order valence-electron chi connectivity index (χ3n) is 4.24. The molecule has 1 unspecified atom stereocenters. The van der Waals surface area contributed by atoms with Gasteiger partial charge in [-0.2, -0.15) is 0 Å². The van der Waals surface area contributed by atoms with Crippen LogP contribution in [0.3, 0.4) is 0 Å². The summed E-state index contributed by atoms with van der Waals surface area (Å²) in [7, 11) is 0. The van der Waals surface area contributed by atoms with Crippen molar-refractivity contribution in [2.75, 3.05) is 6.54 Å². The molecule has 3 rings (SSSR count). The van der Waals surface area contributed by atoms with Crippen LogP contribution in [0.25, 0.3) is 0 Å². The second-order valence-corrected chi connectivity index (χ2v) is 6.56. The fraction of sp³-hybridized carbons (Fsp3) is 0.625. The van der Waals surface area contributed by atoms with Gasteiger partial charge in [-0.05, 0) is 45.2 Å². The minimum Gasteiger partial charge on any atom is -0.487 e. The number of hydrogen-bond acceptors (Lipinski definition) is 3. The van der Waals surface area contributed by atoms with E-state index < -0.39 is 0 Å². The average Bonchev–Trinajstić information content (AvgIpc) is 2.31. The van der Waals surface area contributed by atoms with Crippen molar-refractivity contribution >= 4 is 0 Å². The molecule has 0 saturated heterocycles. The highest BCUT2D eigenvalue weighted by atomic mass is 16.5. The second-order valence-electron chi connectivity index (χ2n) is 6.56. The molecule has 1 aliphatic heterocycles. The molecule has 19 heavy (non-hydrogen) atoms. The van der Waals surface area contributed by atoms with Crippen LogP contribution in [0, 0.1) is 5.92 Å². The van der Waals surface area contributed by atoms with Crippen molar-refractivity contribution in [2.24, 2.45) is 5.92 Å². The van der Waals surface area contributed by atoms with E-state index in [2.05, 4.69) is 37.4 Å². The molecule has 0 radical (unpaired) electrons. The van der Waals surface area contributed by atoms with E-state index in [4.69, 9.17) is 4.74 Å². The van der Waals surface area contributed by atoms with Gasteiger partial charge >= 0.3 is 0 Å². The van der Waals surface area contributed by atoms with Gasteiger partial charge in [0.15, 0.2) is 0 Å². The normalized spacial score (nSPS) is 32.1. The quantitative estimate of drug-likeness (QED) is 0.879. The van der Waals surface area contributed by atoms with Crippen molar-refractivity contribution in [3.63, 3.8) is 0 Å². The Bertz CT molecular complexity index is 452. The fourth-order valence-electron chi connectivity index (χ4n) is 3.16. The van der Waals surface area contributed by atoms with Gasteiger partial charge in [0.25, 0.3) is 0 Å². The SMILES string of the molecule is CC1(C)CC(NCC2CC(O)C2)c2ccccc2O1. The van der Waals surface area contributed by atoms with Gasteiger partial charge in [-0.3, -0.25) is 0 Å². The molecule has 1 saturated carbocycles. The molecule has 2 aliphatic rings. The molecule has 0 bridgehead atoms. The third-order valence-corrected chi connectivity index (χ3v) is 4.24. The van der Waals surface area contributed by atoms with Crippen LogP contribution in [0.4, 0.5) is 0 Å². The predicted octanol–water partition coefficient (Wildman–Crippen LogP) is 2.65. The molecular formula is C16H23NO2. The van der Waals surface area contributed by atoms with Gasteiger partial charge in [0, 0.05) is 18.0 Å². The first kappa shape index (κ1) is 12.9. The Morgan fingerprint density at radius 3 is 2.79 bits per heavy atom. The van der Waals surface area contributed by atoms with Crippen molar-refractivity contribution in [1.82, 2.24) is 5.32 Å². The molecule has 1 aliphatic carbocycles. The molecule has 1 aromatic carbocycles. The molecule has 0 aromatic heterocycles. The van der Waals surface area contributed by atoms with E-state index >= 15 is 0 Å². The van der Waals surface area contributed by atoms with Crippen LogP contribution in [0.2, 0.25) is 0 Å². The summed E-state index contributed by atoms with van der Waals surface area (Å²) in [6.45, 7) is 5.28. The zero-order valence-electron chi connectivity index (χ0n) is 11.7. The Hall–Kier alpha value is -1.06. The van der Waals surface area contributed by atoms with E-state index in [1.807, 2.05) is 6.07 Å². The van der Waals surface area contributed by atoms with Gasteiger partial charge in [-0.1, -0.05) is 18.2 Å². The first-order chi connectivity index (χ1) is 9.03. The minimum absolute atomic E-state index is 0.0646. The van der Waals surface area contributed by atoms with Gasteiger partial charge in [0.2, 0.25) is 0 Å². The van der Waals surface area contributed by atoms with E-state index in [1.54, 1.807) is 0 Å². The van der Waals surface area contributed by atoms with E-state index in [1.165, 1.54) is 5.56 Å². The van der Waals surface area contributed by atoms with Gasteiger partial charge in [0.05, 0.1) is 6.10 Å². The first-order valence-corrected chi connectivity index (χ1v) is 7.23. The number of benzene rings is 1. The molecule has 2 N–H and O–H groups in total. The lowest BCUT2D eigenvalue weighted by Gasteiger charge is -2.39. The molecule has 1 fully saturated rings. The van der Waals surface area contributed by atoms with Crippen molar-refractivity contribution in [3.05, 3.63) is 29.8 Å². The summed E-state index contributed by atoms with van der Waals surface area (Å²) in [5, 5.41) is 13.0. The minimum atomic E-state index is -0.120. The molecule has 0 spiro atoms. The van der Waals surface area contributed by atoms with Crippen molar-refractivity contribution < 1.29 is 9.84 Å². The standard InChI is InChI=1S/C16H23NO2/c1-16(2)9-14(17-10-11-7-12(18)8-11)13-5-3-4-6-15(13)19-16/h3-6,11-12,14,17-18H,7-10H2,1-2H3. The Labute approximate surface area is 115 Å². The van der Waals surface area contributed by atoms with Gasteiger partial charge in [-0.25, -0.2) is 0 Å². The lowest BCUT2D eigenvalue weighted by molar-refractivity contribution is 0.0345. The first-order valence-electron chi connectivity index (χ1n) is 7.23. The molecule has 3 heteroatoms. The smallest absolute Gasteiger partial charge is 0.124 e. The molecule has 1 atom stereocenters. The van der Waals surface area contributed by atoms with Gasteiger partial charge in [0.1, 0.15) is 11.4 Å². The highest BCUT2D eigenvalue weighted by Gasteiger charge is 2.34. The average molecular weight is 261 g/mol. The van der Waals surface area contributed by atoms with E-state index in [0.717, 1.165) is 31.6 Å². The van der Waals surface area contributed by atoms with Crippen LogP contribution in [-0.4, -0.2) is 23.4 Å². The van der Waals surface area contributed by atoms with Crippen molar-refractivity contribution in [2.45, 2.75) is 50.9 Å². The second kappa shape index (κ2) is 4.80. The monoisotopic (exact) mass is 261 g/mol. The molecule has 0 amide bonds. The Morgan fingerprint density at radius 2 is 2.05 bits per heavy atom. The number of aliphatic hydroxyl groups is 1. The summed E-state index contributed by atoms with van der Waals surface area (Å²) in [4.78, 5) is 0. The molecule has 104 valence electrons. The highest BCUT2D eigenvalue weighted by Crippen LogP contribution is 2.39. The van der Waals surface area contributed by atoms with Crippen LogP contribution >= 0.6 is 0 Å². The Kier molecular flexibility index (Phi) is 3.27. The van der Waals surface area contributed by atoms with Crippen LogP contribution in [0.5, 0.6) is 5.75 Å². The van der Waals surface area contributed by atoms with E-state index in [9.17, 15) is 5.11 Å². The van der Waals surface area contributed by atoms with Crippen molar-refractivity contribution in [1.29, 1.82) is 0 Å². The topological polar surface area (TPSA) is 41.5 Å². The summed E-state index contributed by atoms with van der Waals surface area (Å²) in [5.74, 6) is 1.64. The fourth-order valence-corrected chi connectivity index (χ4v) is 3.16. The summed E-state index contributed by atoms with van der Waals surface area (Å²) in [6.07, 6.45) is 2.81. The van der Waals surface area contributed by atoms with Crippen molar-refractivity contribution in [3.8, 4) is 5.75 Å². The highest BCUT2D eigenvalue weighted by molar-refractivity contribution is 5.38. The van der Waals surface area contributed by atoms with Gasteiger partial charge < -0.3 is 15.2 Å². The number of hydrogen-bond donors (Lipinski definition) is 2. The largest absolute Gasteiger partial charge is 0.487 e. The van der Waals surface area contributed by atoms with Crippen LogP contribution < -0.4 is 10.1 Å². The number of rotatable bonds is 3. The molecule has 1 heterocycles. The van der Waals surface area contributed by atoms with Gasteiger partial charge in [-0.15, -0.1) is 0 Å². The number of para-hydroxylation sites is 1. The summed E-state index contributed by atoms with van der Waals surface area (Å²) >= 11 is 0. The number of aliphatic hydroxyl groups excluding tert-OH is 1. The van der Waals surface area contributed by atoms with E-state index in [-0.39, 0.29) is 11.7 Å². The number of nitrogens with one attached hydrogen (secondary N) is 1. The summed E-state index contributed by atoms with van der Waals surface area (Å²) in [6, 6.07) is 8.66. The molecule has 3 nitrogen and oxygen atoms in total. The van der Waals surface area contributed by atoms with Crippen LogP contribution in [-0.2, 0) is 0 Å². The van der Waals surface area contributed by atoms with Crippen LogP contribution in [0.1, 0.15) is 44.7 Å². The molecular weight excluding hydrogens is 238 g/mol.